The van der Waals surface area contributed by atoms with Gasteiger partial charge in [0.1, 0.15) is 0 Å². The molecule has 0 bridgehead atoms. The number of nitrogens with zero attached hydrogens (tertiary/aromatic N) is 2. The molecule has 0 aromatic carbocycles. The third-order valence-electron chi connectivity index (χ3n) is 4.42. The zero-order valence-corrected chi connectivity index (χ0v) is 11.8. The molecule has 0 spiro atoms. The van der Waals surface area contributed by atoms with Gasteiger partial charge in [0.15, 0.2) is 0 Å². The second-order valence-corrected chi connectivity index (χ2v) is 6.02. The van der Waals surface area contributed by atoms with Crippen LogP contribution in [0.4, 0.5) is 0 Å². The van der Waals surface area contributed by atoms with Crippen LogP contribution < -0.4 is 5.32 Å². The molecule has 2 rings (SSSR count). The number of carbonyl (C=O) groups excluding carboxylic acids is 1. The average Bonchev–Trinajstić information content (AvgIpc) is 2.35. The van der Waals surface area contributed by atoms with E-state index in [1.165, 1.54) is 19.3 Å². The molecular formula is C14H27N3O. The Balaban J connectivity index is 1.71. The molecule has 1 heterocycles. The van der Waals surface area contributed by atoms with E-state index < -0.39 is 0 Å². The monoisotopic (exact) mass is 253 g/mol. The lowest BCUT2D eigenvalue weighted by molar-refractivity contribution is -0.123. The lowest BCUT2D eigenvalue weighted by Crippen LogP contribution is -2.50. The summed E-state index contributed by atoms with van der Waals surface area (Å²) in [6.45, 7) is 7.03. The molecule has 2 aliphatic rings. The summed E-state index contributed by atoms with van der Waals surface area (Å²) in [7, 11) is 2.14. The molecule has 1 aliphatic carbocycles. The van der Waals surface area contributed by atoms with Gasteiger partial charge in [-0.2, -0.15) is 0 Å². The Morgan fingerprint density at radius 1 is 1.17 bits per heavy atom. The summed E-state index contributed by atoms with van der Waals surface area (Å²) in [6, 6.07) is 0.415. The number of nitrogens with one attached hydrogen (secondary N) is 1. The maximum Gasteiger partial charge on any atom is 0.234 e. The van der Waals surface area contributed by atoms with Crippen molar-refractivity contribution in [3.8, 4) is 0 Å². The molecule has 0 unspecified atom stereocenters. The largest absolute Gasteiger partial charge is 0.352 e. The Hall–Kier alpha value is -0.610. The summed E-state index contributed by atoms with van der Waals surface area (Å²) < 4.78 is 0. The number of hydrogen-bond donors (Lipinski definition) is 1. The number of rotatable bonds is 3. The van der Waals surface area contributed by atoms with E-state index in [0.29, 0.717) is 18.5 Å². The third-order valence-corrected chi connectivity index (χ3v) is 4.42. The van der Waals surface area contributed by atoms with Crippen LogP contribution in [-0.4, -0.2) is 61.5 Å². The van der Waals surface area contributed by atoms with Crippen LogP contribution in [0.2, 0.25) is 0 Å². The molecule has 104 valence electrons. The molecule has 4 nitrogen and oxygen atoms in total. The Bertz CT molecular complexity index is 274. The van der Waals surface area contributed by atoms with Gasteiger partial charge in [0.2, 0.25) is 5.91 Å². The smallest absolute Gasteiger partial charge is 0.234 e. The number of likely N-dealkylation sites (N-methyl/N-ethyl adjacent to an activating group) is 1. The molecule has 4 heteroatoms. The zero-order valence-electron chi connectivity index (χ0n) is 11.8. The van der Waals surface area contributed by atoms with Gasteiger partial charge in [-0.3, -0.25) is 9.69 Å². The molecule has 2 atom stereocenters. The first-order chi connectivity index (χ1) is 8.65. The quantitative estimate of drug-likeness (QED) is 0.813. The topological polar surface area (TPSA) is 35.6 Å². The SMILES string of the molecule is C[C@@H]1CCCC[C@H]1NC(=O)CN1CCN(C)CC1. The van der Waals surface area contributed by atoms with Crippen LogP contribution in [0.25, 0.3) is 0 Å². The zero-order chi connectivity index (χ0) is 13.0. The molecule has 1 saturated heterocycles. The first-order valence-corrected chi connectivity index (χ1v) is 7.35. The van der Waals surface area contributed by atoms with Crippen molar-refractivity contribution in [3.63, 3.8) is 0 Å². The van der Waals surface area contributed by atoms with Crippen LogP contribution in [0.5, 0.6) is 0 Å². The van der Waals surface area contributed by atoms with Crippen LogP contribution >= 0.6 is 0 Å². The standard InChI is InChI=1S/C14H27N3O/c1-12-5-3-4-6-13(12)15-14(18)11-17-9-7-16(2)8-10-17/h12-13H,3-11H2,1-2H3,(H,15,18)/t12-,13-/m1/s1. The normalized spacial score (nSPS) is 31.2. The van der Waals surface area contributed by atoms with Crippen LogP contribution in [0, 0.1) is 5.92 Å². The second kappa shape index (κ2) is 6.53. The average molecular weight is 253 g/mol. The van der Waals surface area contributed by atoms with E-state index in [1.807, 2.05) is 0 Å². The Morgan fingerprint density at radius 2 is 1.83 bits per heavy atom. The predicted molar refractivity (Wildman–Crippen MR) is 73.5 cm³/mol. The molecule has 0 radical (unpaired) electrons. The highest BCUT2D eigenvalue weighted by Crippen LogP contribution is 2.23. The van der Waals surface area contributed by atoms with Gasteiger partial charge in [-0.1, -0.05) is 19.8 Å². The maximum atomic E-state index is 12.0. The summed E-state index contributed by atoms with van der Waals surface area (Å²) >= 11 is 0. The minimum absolute atomic E-state index is 0.221. The minimum atomic E-state index is 0.221. The third kappa shape index (κ3) is 3.95. The van der Waals surface area contributed by atoms with E-state index in [4.69, 9.17) is 0 Å². The van der Waals surface area contributed by atoms with Gasteiger partial charge in [-0.25, -0.2) is 0 Å². The second-order valence-electron chi connectivity index (χ2n) is 6.02. The number of hydrogen-bond acceptors (Lipinski definition) is 3. The van der Waals surface area contributed by atoms with Crippen molar-refractivity contribution in [1.82, 2.24) is 15.1 Å². The molecule has 18 heavy (non-hydrogen) atoms. The molecule has 1 amide bonds. The summed E-state index contributed by atoms with van der Waals surface area (Å²) in [4.78, 5) is 16.6. The first kappa shape index (κ1) is 13.8. The van der Waals surface area contributed by atoms with Crippen molar-refractivity contribution in [2.75, 3.05) is 39.8 Å². The summed E-state index contributed by atoms with van der Waals surface area (Å²) in [5, 5.41) is 3.23. The maximum absolute atomic E-state index is 12.0. The summed E-state index contributed by atoms with van der Waals surface area (Å²) in [5.41, 5.74) is 0. The van der Waals surface area contributed by atoms with E-state index in [-0.39, 0.29) is 5.91 Å². The van der Waals surface area contributed by atoms with E-state index in [9.17, 15) is 4.79 Å². The highest BCUT2D eigenvalue weighted by atomic mass is 16.2. The van der Waals surface area contributed by atoms with Gasteiger partial charge in [-0.15, -0.1) is 0 Å². The Kier molecular flexibility index (Phi) is 5.01. The number of piperazine rings is 1. The Morgan fingerprint density at radius 3 is 2.50 bits per heavy atom. The van der Waals surface area contributed by atoms with Crippen molar-refractivity contribution in [2.45, 2.75) is 38.6 Å². The van der Waals surface area contributed by atoms with Crippen molar-refractivity contribution >= 4 is 5.91 Å². The lowest BCUT2D eigenvalue weighted by Gasteiger charge is -2.33. The predicted octanol–water partition coefficient (Wildman–Crippen LogP) is 0.929. The molecule has 0 aromatic heterocycles. The van der Waals surface area contributed by atoms with Crippen molar-refractivity contribution < 1.29 is 4.79 Å². The van der Waals surface area contributed by atoms with Gasteiger partial charge < -0.3 is 10.2 Å². The summed E-state index contributed by atoms with van der Waals surface area (Å²) in [5.74, 6) is 0.869. The fourth-order valence-corrected chi connectivity index (χ4v) is 2.99. The number of carbonyl (C=O) groups is 1. The molecule has 0 aromatic rings. The van der Waals surface area contributed by atoms with Crippen LogP contribution in [-0.2, 0) is 4.79 Å². The molecule has 1 saturated carbocycles. The number of amides is 1. The van der Waals surface area contributed by atoms with Gasteiger partial charge in [-0.05, 0) is 25.8 Å². The van der Waals surface area contributed by atoms with E-state index in [2.05, 4.69) is 29.1 Å². The molecule has 1 aliphatic heterocycles. The molecule has 2 fully saturated rings. The van der Waals surface area contributed by atoms with E-state index in [0.717, 1.165) is 32.6 Å². The van der Waals surface area contributed by atoms with Crippen molar-refractivity contribution in [2.24, 2.45) is 5.92 Å². The Labute approximate surface area is 111 Å². The van der Waals surface area contributed by atoms with E-state index >= 15 is 0 Å². The summed E-state index contributed by atoms with van der Waals surface area (Å²) in [6.07, 6.45) is 5.02. The fraction of sp³-hybridized carbons (Fsp3) is 0.929. The van der Waals surface area contributed by atoms with Gasteiger partial charge in [0.05, 0.1) is 6.54 Å². The minimum Gasteiger partial charge on any atom is -0.352 e. The lowest BCUT2D eigenvalue weighted by atomic mass is 9.86. The van der Waals surface area contributed by atoms with E-state index in [1.54, 1.807) is 0 Å². The first-order valence-electron chi connectivity index (χ1n) is 7.35. The highest BCUT2D eigenvalue weighted by Gasteiger charge is 2.24. The molecular weight excluding hydrogens is 226 g/mol. The van der Waals surface area contributed by atoms with Gasteiger partial charge >= 0.3 is 0 Å². The van der Waals surface area contributed by atoms with Gasteiger partial charge in [0, 0.05) is 32.2 Å². The fourth-order valence-electron chi connectivity index (χ4n) is 2.99. The highest BCUT2D eigenvalue weighted by molar-refractivity contribution is 5.78. The van der Waals surface area contributed by atoms with Crippen molar-refractivity contribution in [1.29, 1.82) is 0 Å². The van der Waals surface area contributed by atoms with Gasteiger partial charge in [0.25, 0.3) is 0 Å². The molecule has 1 N–H and O–H groups in total. The van der Waals surface area contributed by atoms with Crippen LogP contribution in [0.3, 0.4) is 0 Å². The van der Waals surface area contributed by atoms with Crippen molar-refractivity contribution in [3.05, 3.63) is 0 Å². The van der Waals surface area contributed by atoms with Crippen LogP contribution in [0.1, 0.15) is 32.6 Å². The van der Waals surface area contributed by atoms with Crippen LogP contribution in [0.15, 0.2) is 0 Å².